The second-order valence-electron chi connectivity index (χ2n) is 9.63. The van der Waals surface area contributed by atoms with Crippen molar-refractivity contribution in [2.45, 2.75) is 69.6 Å². The molecule has 2 aromatic heterocycles. The zero-order valence-electron chi connectivity index (χ0n) is 19.6. The van der Waals surface area contributed by atoms with Crippen molar-refractivity contribution in [3.05, 3.63) is 35.8 Å². The minimum absolute atomic E-state index is 0.0301. The van der Waals surface area contributed by atoms with Gasteiger partial charge < -0.3 is 21.5 Å². The average molecular weight is 504 g/mol. The van der Waals surface area contributed by atoms with Crippen molar-refractivity contribution in [1.82, 2.24) is 19.5 Å². The monoisotopic (exact) mass is 503 g/mol. The Bertz CT molecular complexity index is 1280. The number of carbonyl (C=O) groups excluding carboxylic acids is 1. The molecule has 2 saturated carbocycles. The molecule has 0 radical (unpaired) electrons. The Kier molecular flexibility index (Phi) is 6.69. The number of fused-ring (bicyclic) bond motifs is 1. The normalized spacial score (nSPS) is 24.6. The minimum Gasteiger partial charge on any atom is -0.393 e. The average Bonchev–Trinajstić information content (AvgIpc) is 3.21. The zero-order chi connectivity index (χ0) is 25.4. The van der Waals surface area contributed by atoms with Crippen molar-refractivity contribution >= 4 is 34.7 Å². The number of aliphatic hydroxyl groups excluding tert-OH is 1. The number of amides is 1. The van der Waals surface area contributed by atoms with Crippen molar-refractivity contribution in [1.29, 1.82) is 0 Å². The van der Waals surface area contributed by atoms with Gasteiger partial charge >= 0.3 is 0 Å². The molecule has 0 spiro atoms. The lowest BCUT2D eigenvalue weighted by molar-refractivity contribution is -0.122. The highest BCUT2D eigenvalue weighted by atomic mass is 19.2. The number of imidazole rings is 1. The first-order chi connectivity index (χ1) is 17.3. The minimum atomic E-state index is -1.58. The van der Waals surface area contributed by atoms with E-state index in [0.717, 1.165) is 31.4 Å². The molecule has 192 valence electrons. The summed E-state index contributed by atoms with van der Waals surface area (Å²) in [6, 6.07) is 1.84. The molecule has 5 rings (SSSR count). The second kappa shape index (κ2) is 9.92. The molecule has 2 aliphatic carbocycles. The number of nitrogens with one attached hydrogen (secondary N) is 2. The first-order valence-electron chi connectivity index (χ1n) is 12.2. The van der Waals surface area contributed by atoms with Gasteiger partial charge in [0.05, 0.1) is 18.0 Å². The number of hydrogen-bond donors (Lipinski definition) is 4. The summed E-state index contributed by atoms with van der Waals surface area (Å²) in [4.78, 5) is 25.2. The second-order valence-corrected chi connectivity index (χ2v) is 9.63. The Labute approximate surface area is 205 Å². The van der Waals surface area contributed by atoms with E-state index >= 15 is 0 Å². The number of anilines is 3. The molecule has 5 N–H and O–H groups in total. The smallest absolute Gasteiger partial charge is 0.224 e. The number of nitrogens with zero attached hydrogens (tertiary/aromatic N) is 4. The standard InChI is InChI=1S/C24H28F3N7O2/c25-16-8-9-17(20(27)19(16)26)31-24-32-18-11-29-23(30-13-2-1-3-15(35)10-13)33-22(18)34(24)14-6-4-12(5-7-14)21(28)36/h8-9,11-15,35H,1-7,10H2,(H2,28,36)(H,31,32)(H,29,30,33)/t12?,13-,14?,15+/m1/s1. The Morgan fingerprint density at radius 3 is 2.56 bits per heavy atom. The predicted octanol–water partition coefficient (Wildman–Crippen LogP) is 3.92. The van der Waals surface area contributed by atoms with Crippen molar-refractivity contribution < 1.29 is 23.1 Å². The van der Waals surface area contributed by atoms with Crippen LogP contribution in [0.2, 0.25) is 0 Å². The van der Waals surface area contributed by atoms with Crippen LogP contribution in [0.4, 0.5) is 30.8 Å². The number of aromatic nitrogens is 4. The SMILES string of the molecule is NC(=O)C1CCC(n2c(Nc3ccc(F)c(F)c3F)nc3cnc(N[C@@H]4CCC[C@H](O)C4)nc32)CC1. The molecule has 3 aromatic rings. The molecule has 12 heteroatoms. The molecule has 2 aliphatic rings. The lowest BCUT2D eigenvalue weighted by atomic mass is 9.85. The van der Waals surface area contributed by atoms with Gasteiger partial charge in [0.2, 0.25) is 17.8 Å². The van der Waals surface area contributed by atoms with Gasteiger partial charge in [0.1, 0.15) is 5.52 Å². The Morgan fingerprint density at radius 1 is 1.06 bits per heavy atom. The maximum absolute atomic E-state index is 14.4. The fraction of sp³-hybridized carbons (Fsp3) is 0.500. The van der Waals surface area contributed by atoms with E-state index in [-0.39, 0.29) is 41.6 Å². The van der Waals surface area contributed by atoms with Crippen molar-refractivity contribution in [2.75, 3.05) is 10.6 Å². The number of halogens is 3. The largest absolute Gasteiger partial charge is 0.393 e. The van der Waals surface area contributed by atoms with Gasteiger partial charge in [0.25, 0.3) is 0 Å². The van der Waals surface area contributed by atoms with Crippen molar-refractivity contribution in [2.24, 2.45) is 11.7 Å². The molecular weight excluding hydrogens is 475 g/mol. The van der Waals surface area contributed by atoms with Gasteiger partial charge in [0.15, 0.2) is 23.1 Å². The molecule has 2 heterocycles. The summed E-state index contributed by atoms with van der Waals surface area (Å²) in [6.45, 7) is 0. The third-order valence-electron chi connectivity index (χ3n) is 7.16. The van der Waals surface area contributed by atoms with Gasteiger partial charge in [-0.15, -0.1) is 0 Å². The Hall–Kier alpha value is -3.41. The van der Waals surface area contributed by atoms with Crippen LogP contribution in [-0.2, 0) is 4.79 Å². The zero-order valence-corrected chi connectivity index (χ0v) is 19.6. The van der Waals surface area contributed by atoms with Crippen LogP contribution >= 0.6 is 0 Å². The maximum atomic E-state index is 14.4. The third-order valence-corrected chi connectivity index (χ3v) is 7.16. The van der Waals surface area contributed by atoms with E-state index in [1.54, 1.807) is 10.8 Å². The number of aliphatic hydroxyl groups is 1. The molecule has 9 nitrogen and oxygen atoms in total. The number of nitrogens with two attached hydrogens (primary N) is 1. The van der Waals surface area contributed by atoms with E-state index in [4.69, 9.17) is 5.73 Å². The Balaban J connectivity index is 1.51. The summed E-state index contributed by atoms with van der Waals surface area (Å²) >= 11 is 0. The number of primary amides is 1. The molecule has 2 fully saturated rings. The summed E-state index contributed by atoms with van der Waals surface area (Å²) < 4.78 is 43.6. The van der Waals surface area contributed by atoms with Crippen LogP contribution in [0.3, 0.4) is 0 Å². The molecule has 2 atom stereocenters. The van der Waals surface area contributed by atoms with Crippen molar-refractivity contribution in [3.63, 3.8) is 0 Å². The van der Waals surface area contributed by atoms with Crippen LogP contribution in [0, 0.1) is 23.4 Å². The molecule has 0 aliphatic heterocycles. The van der Waals surface area contributed by atoms with Crippen LogP contribution < -0.4 is 16.4 Å². The highest BCUT2D eigenvalue weighted by Crippen LogP contribution is 2.37. The molecular formula is C24H28F3N7O2. The summed E-state index contributed by atoms with van der Waals surface area (Å²) in [6.07, 6.45) is 6.70. The number of benzene rings is 1. The van der Waals surface area contributed by atoms with Gasteiger partial charge in [-0.2, -0.15) is 4.98 Å². The molecule has 0 saturated heterocycles. The molecule has 1 amide bonds. The van der Waals surface area contributed by atoms with Gasteiger partial charge in [-0.3, -0.25) is 9.36 Å². The van der Waals surface area contributed by atoms with Crippen LogP contribution in [0.1, 0.15) is 57.4 Å². The van der Waals surface area contributed by atoms with E-state index in [9.17, 15) is 23.1 Å². The summed E-state index contributed by atoms with van der Waals surface area (Å²) in [5, 5.41) is 16.1. The first kappa shape index (κ1) is 24.3. The third kappa shape index (κ3) is 4.81. The number of hydrogen-bond acceptors (Lipinski definition) is 7. The fourth-order valence-corrected chi connectivity index (χ4v) is 5.23. The highest BCUT2D eigenvalue weighted by molar-refractivity contribution is 5.78. The molecule has 0 unspecified atom stereocenters. The van der Waals surface area contributed by atoms with E-state index in [1.165, 1.54) is 0 Å². The molecule has 36 heavy (non-hydrogen) atoms. The van der Waals surface area contributed by atoms with E-state index in [2.05, 4.69) is 25.6 Å². The van der Waals surface area contributed by atoms with E-state index < -0.39 is 17.5 Å². The van der Waals surface area contributed by atoms with Crippen LogP contribution in [0.25, 0.3) is 11.2 Å². The fourth-order valence-electron chi connectivity index (χ4n) is 5.23. The summed E-state index contributed by atoms with van der Waals surface area (Å²) in [7, 11) is 0. The van der Waals surface area contributed by atoms with Gasteiger partial charge in [-0.05, 0) is 63.5 Å². The van der Waals surface area contributed by atoms with Crippen LogP contribution in [0.15, 0.2) is 18.3 Å². The number of rotatable bonds is 6. The van der Waals surface area contributed by atoms with Gasteiger partial charge in [-0.1, -0.05) is 0 Å². The van der Waals surface area contributed by atoms with Gasteiger partial charge in [-0.25, -0.2) is 23.1 Å². The maximum Gasteiger partial charge on any atom is 0.224 e. The first-order valence-corrected chi connectivity index (χ1v) is 12.2. The van der Waals surface area contributed by atoms with E-state index in [1.807, 2.05) is 0 Å². The Morgan fingerprint density at radius 2 is 1.83 bits per heavy atom. The van der Waals surface area contributed by atoms with Crippen molar-refractivity contribution in [3.8, 4) is 0 Å². The lowest BCUT2D eigenvalue weighted by Crippen LogP contribution is -2.30. The topological polar surface area (TPSA) is 131 Å². The summed E-state index contributed by atoms with van der Waals surface area (Å²) in [5.41, 5.74) is 6.15. The van der Waals surface area contributed by atoms with Crippen LogP contribution in [0.5, 0.6) is 0 Å². The summed E-state index contributed by atoms with van der Waals surface area (Å²) in [5.74, 6) is -4.20. The lowest BCUT2D eigenvalue weighted by Gasteiger charge is -2.29. The van der Waals surface area contributed by atoms with E-state index in [0.29, 0.717) is 49.2 Å². The highest BCUT2D eigenvalue weighted by Gasteiger charge is 2.30. The van der Waals surface area contributed by atoms with Crippen LogP contribution in [-0.4, -0.2) is 42.7 Å². The number of carbonyl (C=O) groups is 1. The molecule has 0 bridgehead atoms. The molecule has 1 aromatic carbocycles. The quantitative estimate of drug-likeness (QED) is 0.375. The van der Waals surface area contributed by atoms with Gasteiger partial charge in [0, 0.05) is 18.0 Å². The predicted molar refractivity (Wildman–Crippen MR) is 127 cm³/mol.